The van der Waals surface area contributed by atoms with Crippen LogP contribution < -0.4 is 5.32 Å². The summed E-state index contributed by atoms with van der Waals surface area (Å²) in [5.74, 6) is -0.179. The summed E-state index contributed by atoms with van der Waals surface area (Å²) in [6.45, 7) is 1.68. The molecule has 0 spiro atoms. The number of likely N-dealkylation sites (N-methyl/N-ethyl adjacent to an activating group) is 1. The topological polar surface area (TPSA) is 69.6 Å². The summed E-state index contributed by atoms with van der Waals surface area (Å²) in [6, 6.07) is 4.76. The number of aliphatic hydroxyl groups is 1. The zero-order valence-electron chi connectivity index (χ0n) is 12.1. The Hall–Kier alpha value is -1.59. The van der Waals surface area contributed by atoms with Gasteiger partial charge in [0.05, 0.1) is 16.7 Å². The largest absolute Gasteiger partial charge is 0.391 e. The van der Waals surface area contributed by atoms with Crippen molar-refractivity contribution in [1.82, 2.24) is 4.90 Å². The summed E-state index contributed by atoms with van der Waals surface area (Å²) < 4.78 is 0. The van der Waals surface area contributed by atoms with Gasteiger partial charge in [-0.15, -0.1) is 0 Å². The number of hydrogen-bond acceptors (Lipinski definition) is 3. The molecule has 1 unspecified atom stereocenters. The highest BCUT2D eigenvalue weighted by Gasteiger charge is 2.31. The van der Waals surface area contributed by atoms with Crippen molar-refractivity contribution in [3.05, 3.63) is 28.8 Å². The number of carbonyl (C=O) groups is 2. The number of aliphatic hydroxyl groups excluding tert-OH is 1. The van der Waals surface area contributed by atoms with E-state index in [1.54, 1.807) is 25.2 Å². The van der Waals surface area contributed by atoms with Crippen LogP contribution in [0.3, 0.4) is 0 Å². The first kappa shape index (κ1) is 15.8. The number of anilines is 1. The summed E-state index contributed by atoms with van der Waals surface area (Å²) in [5.41, 5.74) is 0.833. The lowest BCUT2D eigenvalue weighted by molar-refractivity contribution is -0.114. The number of amides is 2. The fraction of sp³-hybridized carbons (Fsp3) is 0.467. The minimum absolute atomic E-state index is 0.215. The maximum atomic E-state index is 12.4. The van der Waals surface area contributed by atoms with E-state index in [9.17, 15) is 14.7 Å². The molecule has 1 fully saturated rings. The minimum atomic E-state index is -0.490. The first-order chi connectivity index (χ1) is 9.88. The van der Waals surface area contributed by atoms with Gasteiger partial charge < -0.3 is 15.3 Å². The highest BCUT2D eigenvalue weighted by atomic mass is 35.5. The molecule has 6 heteroatoms. The third-order valence-corrected chi connectivity index (χ3v) is 3.82. The van der Waals surface area contributed by atoms with E-state index < -0.39 is 6.10 Å². The quantitative estimate of drug-likeness (QED) is 0.875. The highest BCUT2D eigenvalue weighted by Crippen LogP contribution is 2.33. The second kappa shape index (κ2) is 6.45. The number of nitrogens with one attached hydrogen (secondary N) is 1. The number of halogens is 1. The monoisotopic (exact) mass is 310 g/mol. The third kappa shape index (κ3) is 4.19. The van der Waals surface area contributed by atoms with Crippen molar-refractivity contribution in [2.24, 2.45) is 5.92 Å². The van der Waals surface area contributed by atoms with Crippen molar-refractivity contribution in [2.45, 2.75) is 25.9 Å². The van der Waals surface area contributed by atoms with Gasteiger partial charge in [0, 0.05) is 26.2 Å². The summed E-state index contributed by atoms with van der Waals surface area (Å²) >= 11 is 6.06. The van der Waals surface area contributed by atoms with Crippen LogP contribution >= 0.6 is 11.6 Å². The molecule has 2 amide bonds. The summed E-state index contributed by atoms with van der Waals surface area (Å²) in [4.78, 5) is 24.9. The lowest BCUT2D eigenvalue weighted by Crippen LogP contribution is -2.35. The molecule has 1 aliphatic carbocycles. The van der Waals surface area contributed by atoms with Crippen molar-refractivity contribution < 1.29 is 14.7 Å². The van der Waals surface area contributed by atoms with Crippen LogP contribution in [0.25, 0.3) is 0 Å². The molecule has 1 aliphatic rings. The highest BCUT2D eigenvalue weighted by molar-refractivity contribution is 6.34. The van der Waals surface area contributed by atoms with E-state index in [-0.39, 0.29) is 18.4 Å². The first-order valence-corrected chi connectivity index (χ1v) is 7.27. The molecule has 2 rings (SSSR count). The van der Waals surface area contributed by atoms with E-state index in [1.165, 1.54) is 11.8 Å². The average Bonchev–Trinajstić information content (AvgIpc) is 3.23. The number of benzene rings is 1. The molecule has 1 atom stereocenters. The normalized spacial score (nSPS) is 15.4. The van der Waals surface area contributed by atoms with E-state index in [4.69, 9.17) is 11.6 Å². The molecule has 1 aromatic carbocycles. The van der Waals surface area contributed by atoms with Crippen LogP contribution in [0.15, 0.2) is 18.2 Å². The van der Waals surface area contributed by atoms with Gasteiger partial charge in [0.1, 0.15) is 0 Å². The predicted molar refractivity (Wildman–Crippen MR) is 81.4 cm³/mol. The van der Waals surface area contributed by atoms with Gasteiger partial charge in [0.2, 0.25) is 5.91 Å². The molecular weight excluding hydrogens is 292 g/mol. The molecule has 0 bridgehead atoms. The maximum absolute atomic E-state index is 12.4. The molecular formula is C15H19ClN2O3. The Bertz CT molecular complexity index is 558. The zero-order valence-corrected chi connectivity index (χ0v) is 12.9. The Balaban J connectivity index is 2.10. The Morgan fingerprint density at radius 2 is 2.14 bits per heavy atom. The van der Waals surface area contributed by atoms with Gasteiger partial charge in [-0.3, -0.25) is 9.59 Å². The lowest BCUT2D eigenvalue weighted by Gasteiger charge is -2.21. The minimum Gasteiger partial charge on any atom is -0.391 e. The van der Waals surface area contributed by atoms with E-state index >= 15 is 0 Å². The Morgan fingerprint density at radius 1 is 1.48 bits per heavy atom. The molecule has 0 aliphatic heterocycles. The van der Waals surface area contributed by atoms with Crippen LogP contribution in [0.2, 0.25) is 5.02 Å². The molecule has 5 nitrogen and oxygen atoms in total. The average molecular weight is 311 g/mol. The SMILES string of the molecule is CC(=O)Nc1ccc(Cl)c(C(=O)N(C)CC(O)C2CC2)c1. The van der Waals surface area contributed by atoms with Crippen LogP contribution in [0, 0.1) is 5.92 Å². The second-order valence-electron chi connectivity index (χ2n) is 5.47. The molecule has 0 heterocycles. The predicted octanol–water partition coefficient (Wildman–Crippen LogP) is 2.14. The fourth-order valence-electron chi connectivity index (χ4n) is 2.17. The van der Waals surface area contributed by atoms with Crippen LogP contribution in [-0.2, 0) is 4.79 Å². The van der Waals surface area contributed by atoms with Gasteiger partial charge in [-0.2, -0.15) is 0 Å². The Kier molecular flexibility index (Phi) is 4.85. The van der Waals surface area contributed by atoms with Gasteiger partial charge in [0.15, 0.2) is 0 Å². The molecule has 0 radical (unpaired) electrons. The number of nitrogens with zero attached hydrogens (tertiary/aromatic N) is 1. The molecule has 114 valence electrons. The Morgan fingerprint density at radius 3 is 2.71 bits per heavy atom. The van der Waals surface area contributed by atoms with Gasteiger partial charge in [-0.1, -0.05) is 11.6 Å². The van der Waals surface area contributed by atoms with Crippen LogP contribution in [0.4, 0.5) is 5.69 Å². The summed E-state index contributed by atoms with van der Waals surface area (Å²) in [5, 5.41) is 12.9. The zero-order chi connectivity index (χ0) is 15.6. The smallest absolute Gasteiger partial charge is 0.255 e. The van der Waals surface area contributed by atoms with Crippen molar-refractivity contribution >= 4 is 29.1 Å². The molecule has 0 saturated heterocycles. The van der Waals surface area contributed by atoms with Crippen molar-refractivity contribution in [3.63, 3.8) is 0 Å². The fourth-order valence-corrected chi connectivity index (χ4v) is 2.37. The van der Waals surface area contributed by atoms with Gasteiger partial charge in [-0.05, 0) is 37.0 Å². The molecule has 2 N–H and O–H groups in total. The number of carbonyl (C=O) groups excluding carboxylic acids is 2. The lowest BCUT2D eigenvalue weighted by atomic mass is 10.1. The van der Waals surface area contributed by atoms with E-state index in [2.05, 4.69) is 5.32 Å². The van der Waals surface area contributed by atoms with Crippen molar-refractivity contribution in [2.75, 3.05) is 18.9 Å². The molecule has 0 aromatic heterocycles. The van der Waals surface area contributed by atoms with Gasteiger partial charge >= 0.3 is 0 Å². The van der Waals surface area contributed by atoms with E-state index in [0.717, 1.165) is 12.8 Å². The Labute approximate surface area is 128 Å². The standard InChI is InChI=1S/C15H19ClN2O3/c1-9(19)17-11-5-6-13(16)12(7-11)15(21)18(2)8-14(20)10-3-4-10/h5-7,10,14,20H,3-4,8H2,1-2H3,(H,17,19). The van der Waals surface area contributed by atoms with Gasteiger partial charge in [-0.25, -0.2) is 0 Å². The summed E-state index contributed by atoms with van der Waals surface area (Å²) in [7, 11) is 1.63. The third-order valence-electron chi connectivity index (χ3n) is 3.49. The van der Waals surface area contributed by atoms with Crippen molar-refractivity contribution in [3.8, 4) is 0 Å². The van der Waals surface area contributed by atoms with E-state index in [0.29, 0.717) is 22.2 Å². The number of rotatable bonds is 5. The van der Waals surface area contributed by atoms with E-state index in [1.807, 2.05) is 0 Å². The first-order valence-electron chi connectivity index (χ1n) is 6.89. The maximum Gasteiger partial charge on any atom is 0.255 e. The summed E-state index contributed by atoms with van der Waals surface area (Å²) in [6.07, 6.45) is 1.54. The number of hydrogen-bond donors (Lipinski definition) is 2. The van der Waals surface area contributed by atoms with Crippen LogP contribution in [0.1, 0.15) is 30.1 Å². The van der Waals surface area contributed by atoms with Crippen LogP contribution in [-0.4, -0.2) is 41.5 Å². The molecule has 1 saturated carbocycles. The second-order valence-corrected chi connectivity index (χ2v) is 5.87. The van der Waals surface area contributed by atoms with Crippen LogP contribution in [0.5, 0.6) is 0 Å². The van der Waals surface area contributed by atoms with Gasteiger partial charge in [0.25, 0.3) is 5.91 Å². The molecule has 1 aromatic rings. The molecule has 21 heavy (non-hydrogen) atoms. The van der Waals surface area contributed by atoms with Crippen molar-refractivity contribution in [1.29, 1.82) is 0 Å².